The third-order valence-electron chi connectivity index (χ3n) is 8.20. The molecule has 5 rings (SSSR count). The first-order valence-electron chi connectivity index (χ1n) is 13.9. The van der Waals surface area contributed by atoms with Gasteiger partial charge in [-0.15, -0.1) is 0 Å². The average molecular weight is 647 g/mol. The number of nitrogens with one attached hydrogen (secondary N) is 1. The zero-order chi connectivity index (χ0) is 27.8. The fourth-order valence-corrected chi connectivity index (χ4v) is 10.6. The van der Waals surface area contributed by atoms with Gasteiger partial charge < -0.3 is 19.4 Å². The maximum Gasteiger partial charge on any atom is 0.261 e. The van der Waals surface area contributed by atoms with Crippen molar-refractivity contribution >= 4 is 76.6 Å². The van der Waals surface area contributed by atoms with Crippen molar-refractivity contribution in [2.45, 2.75) is 64.6 Å². The second-order valence-corrected chi connectivity index (χ2v) is 16.2. The number of fused-ring (bicyclic) bond motifs is 1. The number of hydrogen-bond acceptors (Lipinski definition) is 6. The van der Waals surface area contributed by atoms with E-state index in [1.165, 1.54) is 10.4 Å². The fourth-order valence-electron chi connectivity index (χ4n) is 5.97. The summed E-state index contributed by atoms with van der Waals surface area (Å²) >= 11 is 0. The number of amides is 1. The SMILES string of the molecule is Cc1nc(C[C@@H]2CO[C@H](CO[Si](c3ccccc3)(c3ccccc3)C(C)(C)C)C2)nc2c1NC(=O)[C@H](C)N2C.S.S.S. The Bertz CT molecular complexity index is 1290. The highest BCUT2D eigenvalue weighted by molar-refractivity contribution is 7.59. The molecule has 42 heavy (non-hydrogen) atoms. The van der Waals surface area contributed by atoms with Crippen LogP contribution in [0.2, 0.25) is 5.04 Å². The van der Waals surface area contributed by atoms with E-state index in [1.807, 2.05) is 25.8 Å². The zero-order valence-corrected chi connectivity index (χ0v) is 29.4. The van der Waals surface area contributed by atoms with E-state index in [0.717, 1.165) is 30.2 Å². The molecule has 0 spiro atoms. The van der Waals surface area contributed by atoms with Gasteiger partial charge in [0.05, 0.1) is 25.0 Å². The number of carbonyl (C=O) groups excluding carboxylic acids is 1. The van der Waals surface area contributed by atoms with Gasteiger partial charge in [0.15, 0.2) is 5.82 Å². The molecule has 3 atom stereocenters. The van der Waals surface area contributed by atoms with Gasteiger partial charge in [0.25, 0.3) is 8.32 Å². The van der Waals surface area contributed by atoms with Crippen molar-refractivity contribution in [3.8, 4) is 0 Å². The molecule has 2 aliphatic heterocycles. The molecule has 2 aromatic carbocycles. The van der Waals surface area contributed by atoms with Crippen LogP contribution in [-0.2, 0) is 20.4 Å². The van der Waals surface area contributed by atoms with Crippen LogP contribution >= 0.6 is 40.5 Å². The lowest BCUT2D eigenvalue weighted by molar-refractivity contribution is -0.117. The summed E-state index contributed by atoms with van der Waals surface area (Å²) in [6, 6.07) is 21.2. The summed E-state index contributed by atoms with van der Waals surface area (Å²) in [6.45, 7) is 11.9. The Hall–Kier alpha value is -2.02. The number of nitrogens with zero attached hydrogens (tertiary/aromatic N) is 3. The van der Waals surface area contributed by atoms with E-state index in [0.29, 0.717) is 24.8 Å². The van der Waals surface area contributed by atoms with Gasteiger partial charge in [0.2, 0.25) is 5.91 Å². The van der Waals surface area contributed by atoms with E-state index in [-0.39, 0.29) is 63.6 Å². The fraction of sp³-hybridized carbons (Fsp3) is 0.452. The maximum absolute atomic E-state index is 12.3. The normalized spacial score (nSPS) is 20.0. The van der Waals surface area contributed by atoms with Crippen LogP contribution in [-0.4, -0.2) is 56.6 Å². The summed E-state index contributed by atoms with van der Waals surface area (Å²) < 4.78 is 13.4. The van der Waals surface area contributed by atoms with Crippen LogP contribution in [0, 0.1) is 12.8 Å². The molecule has 230 valence electrons. The van der Waals surface area contributed by atoms with Crippen LogP contribution in [0.4, 0.5) is 11.5 Å². The first-order chi connectivity index (χ1) is 18.6. The smallest absolute Gasteiger partial charge is 0.261 e. The van der Waals surface area contributed by atoms with Gasteiger partial charge in [-0.1, -0.05) is 81.4 Å². The van der Waals surface area contributed by atoms with Crippen molar-refractivity contribution in [2.75, 3.05) is 30.5 Å². The number of likely N-dealkylation sites (N-methyl/N-ethyl adjacent to an activating group) is 1. The van der Waals surface area contributed by atoms with Crippen molar-refractivity contribution < 1.29 is 14.0 Å². The zero-order valence-electron chi connectivity index (χ0n) is 25.4. The van der Waals surface area contributed by atoms with Gasteiger partial charge in [-0.3, -0.25) is 4.79 Å². The van der Waals surface area contributed by atoms with Crippen molar-refractivity contribution in [1.82, 2.24) is 9.97 Å². The van der Waals surface area contributed by atoms with E-state index in [4.69, 9.17) is 19.1 Å². The highest BCUT2D eigenvalue weighted by Gasteiger charge is 2.50. The van der Waals surface area contributed by atoms with E-state index < -0.39 is 8.32 Å². The molecule has 3 aromatic rings. The molecule has 1 N–H and O–H groups in total. The molecule has 1 aromatic heterocycles. The minimum atomic E-state index is -2.60. The van der Waals surface area contributed by atoms with Crippen LogP contribution in [0.15, 0.2) is 60.7 Å². The van der Waals surface area contributed by atoms with Crippen LogP contribution in [0.5, 0.6) is 0 Å². The van der Waals surface area contributed by atoms with E-state index >= 15 is 0 Å². The van der Waals surface area contributed by atoms with Crippen molar-refractivity contribution in [3.63, 3.8) is 0 Å². The molecule has 0 radical (unpaired) electrons. The molecule has 1 fully saturated rings. The Kier molecular flexibility index (Phi) is 12.6. The maximum atomic E-state index is 12.3. The van der Waals surface area contributed by atoms with Gasteiger partial charge in [0.1, 0.15) is 17.6 Å². The summed E-state index contributed by atoms with van der Waals surface area (Å²) in [6.07, 6.45) is 1.66. The van der Waals surface area contributed by atoms with Crippen LogP contribution in [0.1, 0.15) is 45.6 Å². The number of benzene rings is 2. The number of ether oxygens (including phenoxy) is 1. The highest BCUT2D eigenvalue weighted by atomic mass is 32.1. The molecule has 11 heteroatoms. The summed E-state index contributed by atoms with van der Waals surface area (Å²) in [5.74, 6) is 1.87. The average Bonchev–Trinajstić information content (AvgIpc) is 3.36. The van der Waals surface area contributed by atoms with Crippen LogP contribution < -0.4 is 20.6 Å². The summed E-state index contributed by atoms with van der Waals surface area (Å²) in [7, 11) is -0.689. The number of hydrogen-bond donors (Lipinski definition) is 1. The van der Waals surface area contributed by atoms with Gasteiger partial charge in [-0.2, -0.15) is 40.5 Å². The van der Waals surface area contributed by atoms with Crippen molar-refractivity contribution in [2.24, 2.45) is 5.92 Å². The van der Waals surface area contributed by atoms with Crippen LogP contribution in [0.25, 0.3) is 0 Å². The molecular weight excluding hydrogens is 601 g/mol. The Morgan fingerprint density at radius 3 is 2.12 bits per heavy atom. The number of aryl methyl sites for hydroxylation is 1. The Morgan fingerprint density at radius 2 is 1.57 bits per heavy atom. The summed E-state index contributed by atoms with van der Waals surface area (Å²) in [5.41, 5.74) is 1.51. The number of rotatable bonds is 7. The van der Waals surface area contributed by atoms with Crippen LogP contribution in [0.3, 0.4) is 0 Å². The van der Waals surface area contributed by atoms with Gasteiger partial charge in [-0.05, 0) is 41.6 Å². The van der Waals surface area contributed by atoms with E-state index in [2.05, 4.69) is 86.8 Å². The minimum Gasteiger partial charge on any atom is -0.405 e. The molecule has 3 heterocycles. The summed E-state index contributed by atoms with van der Waals surface area (Å²) in [4.78, 5) is 23.8. The quantitative estimate of drug-likeness (QED) is 0.383. The standard InChI is InChI=1S/C31H40N4O3Si.3H2S/c1-21-28-29(35(6)22(2)30(36)34-28)33-27(32-21)18-23-17-24(37-19-23)20-38-39(31(3,4)5,25-13-9-7-10-14-25)26-15-11-8-12-16-26;;;/h7-16,22-24H,17-20H2,1-6H3,(H,34,36);3*1H2/t22-,23+,24-;;;/m0.../s1. The van der Waals surface area contributed by atoms with Crippen molar-refractivity contribution in [3.05, 3.63) is 72.2 Å². The molecule has 7 nitrogen and oxygen atoms in total. The third-order valence-corrected chi connectivity index (χ3v) is 13.2. The highest BCUT2D eigenvalue weighted by Crippen LogP contribution is 2.38. The first kappa shape index (κ1) is 36.2. The first-order valence-corrected chi connectivity index (χ1v) is 15.8. The Balaban J connectivity index is 0.00000205. The predicted molar refractivity (Wildman–Crippen MR) is 190 cm³/mol. The molecule has 0 saturated carbocycles. The monoisotopic (exact) mass is 646 g/mol. The minimum absolute atomic E-state index is 0. The van der Waals surface area contributed by atoms with Gasteiger partial charge in [-0.25, -0.2) is 9.97 Å². The number of carbonyl (C=O) groups is 1. The predicted octanol–water partition coefficient (Wildman–Crippen LogP) is 4.42. The molecule has 0 unspecified atom stereocenters. The molecule has 0 bridgehead atoms. The molecular formula is C31H46N4O3S3Si. The lowest BCUT2D eigenvalue weighted by Crippen LogP contribution is -2.67. The number of aromatic nitrogens is 2. The molecule has 2 aliphatic rings. The second-order valence-electron chi connectivity index (χ2n) is 11.9. The van der Waals surface area contributed by atoms with Gasteiger partial charge in [0, 0.05) is 13.5 Å². The second kappa shape index (κ2) is 14.6. The summed E-state index contributed by atoms with van der Waals surface area (Å²) in [5, 5.41) is 5.45. The number of anilines is 2. The molecule has 1 amide bonds. The van der Waals surface area contributed by atoms with Crippen molar-refractivity contribution in [1.29, 1.82) is 0 Å². The Morgan fingerprint density at radius 1 is 1.00 bits per heavy atom. The topological polar surface area (TPSA) is 76.6 Å². The molecule has 1 saturated heterocycles. The lowest BCUT2D eigenvalue weighted by Gasteiger charge is -2.43. The largest absolute Gasteiger partial charge is 0.405 e. The van der Waals surface area contributed by atoms with E-state index in [9.17, 15) is 4.79 Å². The Labute approximate surface area is 272 Å². The molecule has 0 aliphatic carbocycles. The lowest BCUT2D eigenvalue weighted by atomic mass is 10.0. The van der Waals surface area contributed by atoms with E-state index in [1.54, 1.807) is 0 Å². The van der Waals surface area contributed by atoms with Gasteiger partial charge >= 0.3 is 0 Å². The third kappa shape index (κ3) is 7.02.